The molecule has 2 fully saturated rings. The summed E-state index contributed by atoms with van der Waals surface area (Å²) in [6.07, 6.45) is 4.75. The van der Waals surface area contributed by atoms with Gasteiger partial charge in [0.1, 0.15) is 0 Å². The van der Waals surface area contributed by atoms with E-state index >= 15 is 0 Å². The minimum atomic E-state index is -0.0658. The predicted octanol–water partition coefficient (Wildman–Crippen LogP) is 4.22. The summed E-state index contributed by atoms with van der Waals surface area (Å²) >= 11 is 0. The average molecular weight is 442 g/mol. The van der Waals surface area contributed by atoms with Crippen LogP contribution in [-0.4, -0.2) is 52.0 Å². The summed E-state index contributed by atoms with van der Waals surface area (Å²) in [5, 5.41) is 13.5. The van der Waals surface area contributed by atoms with E-state index in [9.17, 15) is 10.1 Å². The number of amides is 1. The third kappa shape index (κ3) is 4.67. The Labute approximate surface area is 193 Å². The van der Waals surface area contributed by atoms with Gasteiger partial charge in [0.25, 0.3) is 5.91 Å². The van der Waals surface area contributed by atoms with Gasteiger partial charge in [0.2, 0.25) is 11.7 Å². The highest BCUT2D eigenvalue weighted by Crippen LogP contribution is 2.34. The molecule has 0 radical (unpaired) electrons. The Morgan fingerprint density at radius 2 is 1.85 bits per heavy atom. The molecule has 7 heteroatoms. The van der Waals surface area contributed by atoms with Gasteiger partial charge in [-0.25, -0.2) is 0 Å². The second-order valence-corrected chi connectivity index (χ2v) is 8.86. The summed E-state index contributed by atoms with van der Waals surface area (Å²) < 4.78 is 5.55. The number of nitriles is 1. The van der Waals surface area contributed by atoms with Crippen LogP contribution in [0.3, 0.4) is 0 Å². The molecule has 0 N–H and O–H groups in total. The maximum Gasteiger partial charge on any atom is 0.255 e. The summed E-state index contributed by atoms with van der Waals surface area (Å²) in [4.78, 5) is 21.7. The number of hydrogen-bond donors (Lipinski definition) is 0. The highest BCUT2D eigenvalue weighted by atomic mass is 16.5. The lowest BCUT2D eigenvalue weighted by molar-refractivity contribution is 0.0628. The third-order valence-electron chi connectivity index (χ3n) is 6.67. The topological polar surface area (TPSA) is 86.3 Å². The van der Waals surface area contributed by atoms with Gasteiger partial charge < -0.3 is 9.42 Å². The molecule has 2 aromatic carbocycles. The number of hydrogen-bond acceptors (Lipinski definition) is 6. The molecule has 0 atom stereocenters. The zero-order chi connectivity index (χ0) is 22.6. The van der Waals surface area contributed by atoms with Crippen LogP contribution in [0, 0.1) is 11.3 Å². The Balaban J connectivity index is 1.20. The Morgan fingerprint density at radius 1 is 1.06 bits per heavy atom. The first-order chi connectivity index (χ1) is 16.2. The Bertz CT molecular complexity index is 1170. The molecule has 1 amide bonds. The molecule has 1 saturated heterocycles. The van der Waals surface area contributed by atoms with Crippen molar-refractivity contribution in [3.63, 3.8) is 0 Å². The van der Waals surface area contributed by atoms with Crippen molar-refractivity contribution in [3.05, 3.63) is 71.1 Å². The molecule has 0 bridgehead atoms. The lowest BCUT2D eigenvalue weighted by atomic mass is 10.1. The minimum absolute atomic E-state index is 0.0658. The van der Waals surface area contributed by atoms with Gasteiger partial charge in [-0.05, 0) is 36.6 Å². The number of carbonyl (C=O) groups is 1. The van der Waals surface area contributed by atoms with Crippen molar-refractivity contribution in [3.8, 4) is 17.5 Å². The fraction of sp³-hybridized carbons (Fsp3) is 0.385. The summed E-state index contributed by atoms with van der Waals surface area (Å²) in [5.41, 5.74) is 3.08. The van der Waals surface area contributed by atoms with E-state index in [1.54, 1.807) is 24.3 Å². The van der Waals surface area contributed by atoms with Gasteiger partial charge in [-0.1, -0.05) is 48.3 Å². The molecular weight excluding hydrogens is 414 g/mol. The van der Waals surface area contributed by atoms with E-state index in [-0.39, 0.29) is 5.91 Å². The monoisotopic (exact) mass is 441 g/mol. The molecule has 0 unspecified atom stereocenters. The summed E-state index contributed by atoms with van der Waals surface area (Å²) in [6.45, 7) is 3.68. The SMILES string of the molecule is N#Cc1ccccc1C(=O)N1CCN(Cc2cccc(-c3noc(C4CCCC4)n3)c2)CC1. The molecule has 1 aliphatic heterocycles. The van der Waals surface area contributed by atoms with Crippen molar-refractivity contribution < 1.29 is 9.32 Å². The van der Waals surface area contributed by atoms with Crippen LogP contribution in [0.4, 0.5) is 0 Å². The average Bonchev–Trinajstić information content (AvgIpc) is 3.57. The van der Waals surface area contributed by atoms with E-state index in [0.717, 1.165) is 43.9 Å². The van der Waals surface area contributed by atoms with Crippen LogP contribution in [-0.2, 0) is 6.54 Å². The Hall–Kier alpha value is -3.50. The van der Waals surface area contributed by atoms with Gasteiger partial charge in [-0.3, -0.25) is 9.69 Å². The van der Waals surface area contributed by atoms with E-state index in [2.05, 4.69) is 33.2 Å². The molecule has 3 aromatic rings. The van der Waals surface area contributed by atoms with E-state index in [4.69, 9.17) is 4.52 Å². The van der Waals surface area contributed by atoms with E-state index in [1.807, 2.05) is 17.0 Å². The first-order valence-corrected chi connectivity index (χ1v) is 11.6. The molecule has 2 aliphatic rings. The molecule has 7 nitrogen and oxygen atoms in total. The fourth-order valence-corrected chi connectivity index (χ4v) is 4.80. The van der Waals surface area contributed by atoms with Gasteiger partial charge in [-0.2, -0.15) is 10.2 Å². The van der Waals surface area contributed by atoms with Crippen LogP contribution in [0.2, 0.25) is 0 Å². The molecule has 1 saturated carbocycles. The molecule has 5 rings (SSSR count). The van der Waals surface area contributed by atoms with Gasteiger partial charge in [0, 0.05) is 44.2 Å². The highest BCUT2D eigenvalue weighted by molar-refractivity contribution is 5.96. The molecule has 33 heavy (non-hydrogen) atoms. The highest BCUT2D eigenvalue weighted by Gasteiger charge is 2.25. The van der Waals surface area contributed by atoms with Gasteiger partial charge in [-0.15, -0.1) is 0 Å². The van der Waals surface area contributed by atoms with Crippen molar-refractivity contribution in [2.24, 2.45) is 0 Å². The fourth-order valence-electron chi connectivity index (χ4n) is 4.80. The van der Waals surface area contributed by atoms with Crippen molar-refractivity contribution in [2.75, 3.05) is 26.2 Å². The van der Waals surface area contributed by atoms with Crippen LogP contribution in [0.1, 0.15) is 59.0 Å². The molecule has 0 spiro atoms. The first kappa shape index (κ1) is 21.4. The van der Waals surface area contributed by atoms with Crippen molar-refractivity contribution in [1.82, 2.24) is 19.9 Å². The molecule has 1 aromatic heterocycles. The van der Waals surface area contributed by atoms with Gasteiger partial charge in [0.05, 0.1) is 17.2 Å². The minimum Gasteiger partial charge on any atom is -0.339 e. The Morgan fingerprint density at radius 3 is 2.64 bits per heavy atom. The largest absolute Gasteiger partial charge is 0.339 e. The quantitative estimate of drug-likeness (QED) is 0.589. The van der Waals surface area contributed by atoms with Gasteiger partial charge in [0.15, 0.2) is 0 Å². The van der Waals surface area contributed by atoms with Crippen molar-refractivity contribution in [1.29, 1.82) is 5.26 Å². The van der Waals surface area contributed by atoms with Crippen LogP contribution in [0.15, 0.2) is 53.1 Å². The molecule has 2 heterocycles. The summed E-state index contributed by atoms with van der Waals surface area (Å²) in [6, 6.07) is 17.4. The predicted molar refractivity (Wildman–Crippen MR) is 123 cm³/mol. The van der Waals surface area contributed by atoms with Crippen LogP contribution < -0.4 is 0 Å². The zero-order valence-corrected chi connectivity index (χ0v) is 18.6. The van der Waals surface area contributed by atoms with Gasteiger partial charge >= 0.3 is 0 Å². The van der Waals surface area contributed by atoms with Crippen molar-refractivity contribution in [2.45, 2.75) is 38.1 Å². The number of nitrogens with zero attached hydrogens (tertiary/aromatic N) is 5. The second-order valence-electron chi connectivity index (χ2n) is 8.86. The summed E-state index contributed by atoms with van der Waals surface area (Å²) in [5.74, 6) is 1.77. The second kappa shape index (κ2) is 9.55. The lowest BCUT2D eigenvalue weighted by Crippen LogP contribution is -2.48. The summed E-state index contributed by atoms with van der Waals surface area (Å²) in [7, 11) is 0. The number of piperazine rings is 1. The van der Waals surface area contributed by atoms with Crippen LogP contribution >= 0.6 is 0 Å². The Kier molecular flexibility index (Phi) is 6.18. The first-order valence-electron chi connectivity index (χ1n) is 11.6. The third-order valence-corrected chi connectivity index (χ3v) is 6.67. The maximum absolute atomic E-state index is 12.9. The van der Waals surface area contributed by atoms with Crippen molar-refractivity contribution >= 4 is 5.91 Å². The number of rotatable bonds is 5. The van der Waals surface area contributed by atoms with Crippen LogP contribution in [0.5, 0.6) is 0 Å². The number of aromatic nitrogens is 2. The lowest BCUT2D eigenvalue weighted by Gasteiger charge is -2.35. The normalized spacial score (nSPS) is 17.2. The van der Waals surface area contributed by atoms with E-state index in [1.165, 1.54) is 18.4 Å². The smallest absolute Gasteiger partial charge is 0.255 e. The van der Waals surface area contributed by atoms with E-state index < -0.39 is 0 Å². The number of benzene rings is 2. The van der Waals surface area contributed by atoms with E-state index in [0.29, 0.717) is 36.0 Å². The molecule has 168 valence electrons. The standard InChI is InChI=1S/C26H27N5O2/c27-17-22-9-3-4-11-23(22)26(32)31-14-12-30(13-15-31)18-19-6-5-10-21(16-19)24-28-25(33-29-24)20-7-1-2-8-20/h3-6,9-11,16,20H,1-2,7-8,12-15,18H2. The maximum atomic E-state index is 12.9. The number of carbonyl (C=O) groups excluding carboxylic acids is 1. The molecular formula is C26H27N5O2. The molecule has 1 aliphatic carbocycles. The zero-order valence-electron chi connectivity index (χ0n) is 18.6. The van der Waals surface area contributed by atoms with Crippen LogP contribution in [0.25, 0.3) is 11.4 Å².